The fraction of sp³-hybridized carbons (Fsp3) is 0.385. The third kappa shape index (κ3) is 3.00. The van der Waals surface area contributed by atoms with Gasteiger partial charge in [-0.15, -0.1) is 0 Å². The predicted octanol–water partition coefficient (Wildman–Crippen LogP) is 1.36. The molecule has 1 aromatic carbocycles. The number of carboxylic acid groups (broad SMARTS) is 1. The molecule has 0 atom stereocenters. The number of carboxylic acids is 1. The molecular formula is C13H17NO4. The SMILES string of the molecule is COc1c(C)cc(C)cc1CN(C)C(=O)C(=O)O. The van der Waals surface area contributed by atoms with Crippen molar-refractivity contribution in [1.82, 2.24) is 4.90 Å². The first kappa shape index (κ1) is 14.0. The molecule has 1 rings (SSSR count). The third-order valence-electron chi connectivity index (χ3n) is 2.64. The molecule has 0 saturated carbocycles. The van der Waals surface area contributed by atoms with Gasteiger partial charge in [0.15, 0.2) is 0 Å². The lowest BCUT2D eigenvalue weighted by Gasteiger charge is -2.18. The van der Waals surface area contributed by atoms with Crippen molar-refractivity contribution in [3.63, 3.8) is 0 Å². The van der Waals surface area contributed by atoms with E-state index in [1.807, 2.05) is 26.0 Å². The number of amides is 1. The Bertz CT molecular complexity index is 482. The lowest BCUT2D eigenvalue weighted by atomic mass is 10.1. The monoisotopic (exact) mass is 251 g/mol. The highest BCUT2D eigenvalue weighted by Gasteiger charge is 2.19. The minimum atomic E-state index is -1.46. The molecule has 0 unspecified atom stereocenters. The first-order valence-corrected chi connectivity index (χ1v) is 5.49. The van der Waals surface area contributed by atoms with Gasteiger partial charge in [0.1, 0.15) is 5.75 Å². The number of hydrogen-bond donors (Lipinski definition) is 1. The molecule has 0 aromatic heterocycles. The summed E-state index contributed by atoms with van der Waals surface area (Å²) in [5, 5.41) is 8.64. The van der Waals surface area contributed by atoms with E-state index in [0.717, 1.165) is 21.6 Å². The summed E-state index contributed by atoms with van der Waals surface area (Å²) in [6, 6.07) is 3.86. The summed E-state index contributed by atoms with van der Waals surface area (Å²) in [7, 11) is 3.01. The summed E-state index contributed by atoms with van der Waals surface area (Å²) in [5.41, 5.74) is 2.80. The summed E-state index contributed by atoms with van der Waals surface area (Å²) in [6.07, 6.45) is 0. The van der Waals surface area contributed by atoms with E-state index in [2.05, 4.69) is 0 Å². The van der Waals surface area contributed by atoms with E-state index in [4.69, 9.17) is 9.84 Å². The third-order valence-corrected chi connectivity index (χ3v) is 2.64. The number of rotatable bonds is 3. The van der Waals surface area contributed by atoms with Gasteiger partial charge in [-0.25, -0.2) is 4.79 Å². The van der Waals surface area contributed by atoms with Crippen molar-refractivity contribution in [2.45, 2.75) is 20.4 Å². The Hall–Kier alpha value is -2.04. The molecule has 5 heteroatoms. The number of carbonyl (C=O) groups is 2. The van der Waals surface area contributed by atoms with Crippen LogP contribution in [0.3, 0.4) is 0 Å². The van der Waals surface area contributed by atoms with Gasteiger partial charge >= 0.3 is 11.9 Å². The number of ether oxygens (including phenoxy) is 1. The maximum atomic E-state index is 11.3. The van der Waals surface area contributed by atoms with Gasteiger partial charge in [-0.3, -0.25) is 4.79 Å². The van der Waals surface area contributed by atoms with E-state index in [9.17, 15) is 9.59 Å². The smallest absolute Gasteiger partial charge is 0.394 e. The summed E-state index contributed by atoms with van der Waals surface area (Å²) in [6.45, 7) is 4.06. The van der Waals surface area contributed by atoms with Crippen LogP contribution in [-0.4, -0.2) is 36.0 Å². The highest BCUT2D eigenvalue weighted by Crippen LogP contribution is 2.26. The largest absolute Gasteiger partial charge is 0.496 e. The molecule has 1 amide bonds. The molecule has 98 valence electrons. The molecule has 1 aromatic rings. The van der Waals surface area contributed by atoms with Crippen molar-refractivity contribution >= 4 is 11.9 Å². The molecule has 0 bridgehead atoms. The number of hydrogen-bond acceptors (Lipinski definition) is 3. The lowest BCUT2D eigenvalue weighted by molar-refractivity contribution is -0.155. The molecule has 18 heavy (non-hydrogen) atoms. The lowest BCUT2D eigenvalue weighted by Crippen LogP contribution is -2.32. The van der Waals surface area contributed by atoms with Crippen LogP contribution in [0.4, 0.5) is 0 Å². The van der Waals surface area contributed by atoms with Gasteiger partial charge in [0.2, 0.25) is 0 Å². The molecule has 0 saturated heterocycles. The average molecular weight is 251 g/mol. The topological polar surface area (TPSA) is 66.8 Å². The van der Waals surface area contributed by atoms with Crippen molar-refractivity contribution < 1.29 is 19.4 Å². The number of carbonyl (C=O) groups excluding carboxylic acids is 1. The molecule has 0 heterocycles. The Morgan fingerprint density at radius 2 is 1.94 bits per heavy atom. The standard InChI is InChI=1S/C13H17NO4/c1-8-5-9(2)11(18-4)10(6-8)7-14(3)12(15)13(16)17/h5-6H,7H2,1-4H3,(H,16,17). The van der Waals surface area contributed by atoms with Crippen molar-refractivity contribution in [1.29, 1.82) is 0 Å². The van der Waals surface area contributed by atoms with E-state index in [1.165, 1.54) is 7.05 Å². The fourth-order valence-corrected chi connectivity index (χ4v) is 1.94. The van der Waals surface area contributed by atoms with Crippen LogP contribution in [0.1, 0.15) is 16.7 Å². The summed E-state index contributed by atoms with van der Waals surface area (Å²) < 4.78 is 5.29. The first-order chi connectivity index (χ1) is 8.36. The van der Waals surface area contributed by atoms with Crippen molar-refractivity contribution in [3.8, 4) is 5.75 Å². The van der Waals surface area contributed by atoms with Gasteiger partial charge in [-0.1, -0.05) is 17.7 Å². The van der Waals surface area contributed by atoms with Gasteiger partial charge in [0.05, 0.1) is 7.11 Å². The predicted molar refractivity (Wildman–Crippen MR) is 66.6 cm³/mol. The van der Waals surface area contributed by atoms with Gasteiger partial charge in [0.25, 0.3) is 0 Å². The number of benzene rings is 1. The average Bonchev–Trinajstić information content (AvgIpc) is 2.27. The van der Waals surface area contributed by atoms with Crippen LogP contribution in [0.5, 0.6) is 5.75 Å². The number of methoxy groups -OCH3 is 1. The molecule has 5 nitrogen and oxygen atoms in total. The van der Waals surface area contributed by atoms with Crippen LogP contribution in [0.25, 0.3) is 0 Å². The fourth-order valence-electron chi connectivity index (χ4n) is 1.94. The minimum absolute atomic E-state index is 0.205. The van der Waals surface area contributed by atoms with Crippen LogP contribution in [0, 0.1) is 13.8 Å². The Morgan fingerprint density at radius 1 is 1.33 bits per heavy atom. The zero-order chi connectivity index (χ0) is 13.9. The van der Waals surface area contributed by atoms with E-state index in [0.29, 0.717) is 5.75 Å². The van der Waals surface area contributed by atoms with Gasteiger partial charge < -0.3 is 14.7 Å². The maximum Gasteiger partial charge on any atom is 0.394 e. The highest BCUT2D eigenvalue weighted by atomic mass is 16.5. The Morgan fingerprint density at radius 3 is 2.44 bits per heavy atom. The van der Waals surface area contributed by atoms with Gasteiger partial charge in [0, 0.05) is 19.2 Å². The normalized spacial score (nSPS) is 10.0. The van der Waals surface area contributed by atoms with Crippen molar-refractivity contribution in [2.75, 3.05) is 14.2 Å². The maximum absolute atomic E-state index is 11.3. The molecule has 0 aliphatic heterocycles. The zero-order valence-corrected chi connectivity index (χ0v) is 11.0. The van der Waals surface area contributed by atoms with Crippen LogP contribution in [0.15, 0.2) is 12.1 Å². The Kier molecular flexibility index (Phi) is 4.31. The van der Waals surface area contributed by atoms with E-state index in [1.54, 1.807) is 7.11 Å². The summed E-state index contributed by atoms with van der Waals surface area (Å²) >= 11 is 0. The molecule has 0 aliphatic rings. The highest BCUT2D eigenvalue weighted by molar-refractivity contribution is 6.31. The van der Waals surface area contributed by atoms with E-state index >= 15 is 0 Å². The number of aryl methyl sites for hydroxylation is 2. The van der Waals surface area contributed by atoms with E-state index < -0.39 is 11.9 Å². The van der Waals surface area contributed by atoms with Crippen LogP contribution in [-0.2, 0) is 16.1 Å². The minimum Gasteiger partial charge on any atom is -0.496 e. The first-order valence-electron chi connectivity index (χ1n) is 5.49. The van der Waals surface area contributed by atoms with Crippen molar-refractivity contribution in [2.24, 2.45) is 0 Å². The van der Waals surface area contributed by atoms with Crippen LogP contribution in [0.2, 0.25) is 0 Å². The van der Waals surface area contributed by atoms with Crippen LogP contribution < -0.4 is 4.74 Å². The molecule has 0 spiro atoms. The molecular weight excluding hydrogens is 234 g/mol. The van der Waals surface area contributed by atoms with E-state index in [-0.39, 0.29) is 6.54 Å². The van der Waals surface area contributed by atoms with Gasteiger partial charge in [-0.2, -0.15) is 0 Å². The van der Waals surface area contributed by atoms with Gasteiger partial charge in [-0.05, 0) is 19.4 Å². The second-order valence-electron chi connectivity index (χ2n) is 4.24. The second kappa shape index (κ2) is 5.53. The Labute approximate surface area is 106 Å². The molecule has 0 fully saturated rings. The quantitative estimate of drug-likeness (QED) is 0.823. The van der Waals surface area contributed by atoms with Crippen LogP contribution >= 0.6 is 0 Å². The summed E-state index contributed by atoms with van der Waals surface area (Å²) in [5.74, 6) is -1.71. The number of nitrogens with zero attached hydrogens (tertiary/aromatic N) is 1. The molecule has 0 aliphatic carbocycles. The summed E-state index contributed by atoms with van der Waals surface area (Å²) in [4.78, 5) is 23.1. The molecule has 0 radical (unpaired) electrons. The van der Waals surface area contributed by atoms with Crippen molar-refractivity contribution in [3.05, 3.63) is 28.8 Å². The molecule has 1 N–H and O–H groups in total. The number of aliphatic carboxylic acids is 1. The second-order valence-corrected chi connectivity index (χ2v) is 4.24. The Balaban J connectivity index is 3.03. The number of likely N-dealkylation sites (N-methyl/N-ethyl adjacent to an activating group) is 1. The zero-order valence-electron chi connectivity index (χ0n) is 11.0.